The minimum atomic E-state index is -0.754. The second kappa shape index (κ2) is 5.31. The van der Waals surface area contributed by atoms with Gasteiger partial charge in [0.2, 0.25) is 0 Å². The van der Waals surface area contributed by atoms with Gasteiger partial charge in [-0.25, -0.2) is 0 Å². The van der Waals surface area contributed by atoms with E-state index in [0.29, 0.717) is 6.42 Å². The lowest BCUT2D eigenvalue weighted by Crippen LogP contribution is -2.35. The van der Waals surface area contributed by atoms with Gasteiger partial charge in [-0.05, 0) is 36.2 Å². The van der Waals surface area contributed by atoms with Gasteiger partial charge < -0.3 is 4.74 Å². The first-order valence-electron chi connectivity index (χ1n) is 5.62. The van der Waals surface area contributed by atoms with Crippen molar-refractivity contribution in [1.82, 2.24) is 9.78 Å². The van der Waals surface area contributed by atoms with Crippen molar-refractivity contribution in [1.29, 1.82) is 0 Å². The van der Waals surface area contributed by atoms with Crippen molar-refractivity contribution in [2.24, 2.45) is 7.05 Å². The third-order valence-corrected chi connectivity index (χ3v) is 3.93. The van der Waals surface area contributed by atoms with Crippen LogP contribution in [0, 0.1) is 0 Å². The predicted molar refractivity (Wildman–Crippen MR) is 70.1 cm³/mol. The number of halogens is 1. The SMILES string of the molecule is CCc1nn(C)c(CC(=O)C(C)(C)OC)c1Br. The molecule has 0 saturated carbocycles. The molecular formula is C12H19BrN2O2. The average molecular weight is 303 g/mol. The molecule has 0 unspecified atom stereocenters. The highest BCUT2D eigenvalue weighted by Crippen LogP contribution is 2.24. The molecule has 0 aromatic carbocycles. The lowest BCUT2D eigenvalue weighted by molar-refractivity contribution is -0.136. The quantitative estimate of drug-likeness (QED) is 0.838. The molecule has 1 aromatic heterocycles. The Morgan fingerprint density at radius 2 is 2.12 bits per heavy atom. The highest BCUT2D eigenvalue weighted by atomic mass is 79.9. The van der Waals surface area contributed by atoms with Crippen molar-refractivity contribution in [3.63, 3.8) is 0 Å². The molecule has 0 radical (unpaired) electrons. The Morgan fingerprint density at radius 3 is 2.53 bits per heavy atom. The van der Waals surface area contributed by atoms with Crippen LogP contribution in [0.25, 0.3) is 0 Å². The Kier molecular flexibility index (Phi) is 4.49. The molecule has 1 rings (SSSR count). The minimum Gasteiger partial charge on any atom is -0.371 e. The first kappa shape index (κ1) is 14.4. The van der Waals surface area contributed by atoms with Gasteiger partial charge in [-0.2, -0.15) is 5.10 Å². The maximum atomic E-state index is 12.1. The zero-order valence-electron chi connectivity index (χ0n) is 11.0. The lowest BCUT2D eigenvalue weighted by Gasteiger charge is -2.21. The number of carbonyl (C=O) groups is 1. The van der Waals surface area contributed by atoms with E-state index < -0.39 is 5.60 Å². The highest BCUT2D eigenvalue weighted by Gasteiger charge is 2.28. The summed E-state index contributed by atoms with van der Waals surface area (Å²) in [5, 5.41) is 4.37. The van der Waals surface area contributed by atoms with E-state index >= 15 is 0 Å². The van der Waals surface area contributed by atoms with Crippen LogP contribution in [0.1, 0.15) is 32.2 Å². The van der Waals surface area contributed by atoms with Crippen molar-refractivity contribution < 1.29 is 9.53 Å². The number of hydrogen-bond acceptors (Lipinski definition) is 3. The molecule has 5 heteroatoms. The number of aromatic nitrogens is 2. The van der Waals surface area contributed by atoms with E-state index in [4.69, 9.17) is 4.74 Å². The first-order chi connectivity index (χ1) is 7.83. The Labute approximate surface area is 110 Å². The molecule has 4 nitrogen and oxygen atoms in total. The Hall–Kier alpha value is -0.680. The summed E-state index contributed by atoms with van der Waals surface area (Å²) in [6.45, 7) is 5.60. The summed E-state index contributed by atoms with van der Waals surface area (Å²) in [5.74, 6) is 0.0475. The van der Waals surface area contributed by atoms with E-state index in [-0.39, 0.29) is 5.78 Å². The second-order valence-corrected chi connectivity index (χ2v) is 5.29. The molecule has 1 aromatic rings. The van der Waals surface area contributed by atoms with E-state index in [0.717, 1.165) is 22.3 Å². The summed E-state index contributed by atoms with van der Waals surface area (Å²) in [7, 11) is 3.40. The van der Waals surface area contributed by atoms with Gasteiger partial charge in [0.25, 0.3) is 0 Å². The third kappa shape index (κ3) is 2.96. The fourth-order valence-corrected chi connectivity index (χ4v) is 2.25. The summed E-state index contributed by atoms with van der Waals surface area (Å²) in [5.41, 5.74) is 1.12. The van der Waals surface area contributed by atoms with Gasteiger partial charge in [-0.1, -0.05) is 6.92 Å². The summed E-state index contributed by atoms with van der Waals surface area (Å²) >= 11 is 3.50. The number of methoxy groups -OCH3 is 1. The number of hydrogen-bond donors (Lipinski definition) is 0. The summed E-state index contributed by atoms with van der Waals surface area (Å²) in [6, 6.07) is 0. The number of aryl methyl sites for hydroxylation is 2. The van der Waals surface area contributed by atoms with Crippen LogP contribution in [-0.4, -0.2) is 28.3 Å². The monoisotopic (exact) mass is 302 g/mol. The van der Waals surface area contributed by atoms with Crippen LogP contribution in [0.3, 0.4) is 0 Å². The van der Waals surface area contributed by atoms with Crippen LogP contribution in [0.4, 0.5) is 0 Å². The normalized spacial score (nSPS) is 11.9. The van der Waals surface area contributed by atoms with Crippen molar-refractivity contribution in [2.75, 3.05) is 7.11 Å². The van der Waals surface area contributed by atoms with Crippen molar-refractivity contribution >= 4 is 21.7 Å². The van der Waals surface area contributed by atoms with Crippen LogP contribution < -0.4 is 0 Å². The van der Waals surface area contributed by atoms with Crippen LogP contribution >= 0.6 is 15.9 Å². The zero-order chi connectivity index (χ0) is 13.2. The molecule has 0 amide bonds. The van der Waals surface area contributed by atoms with Gasteiger partial charge in [0.1, 0.15) is 5.60 Å². The van der Waals surface area contributed by atoms with Crippen LogP contribution in [0.15, 0.2) is 4.47 Å². The zero-order valence-corrected chi connectivity index (χ0v) is 12.6. The van der Waals surface area contributed by atoms with Gasteiger partial charge in [0, 0.05) is 14.2 Å². The number of ketones is 1. The molecule has 0 aliphatic rings. The van der Waals surface area contributed by atoms with E-state index in [1.54, 1.807) is 25.6 Å². The summed E-state index contributed by atoms with van der Waals surface area (Å²) < 4.78 is 7.88. The highest BCUT2D eigenvalue weighted by molar-refractivity contribution is 9.10. The largest absolute Gasteiger partial charge is 0.371 e. The molecule has 0 saturated heterocycles. The topological polar surface area (TPSA) is 44.1 Å². The summed E-state index contributed by atoms with van der Waals surface area (Å²) in [4.78, 5) is 12.1. The molecule has 17 heavy (non-hydrogen) atoms. The number of carbonyl (C=O) groups excluding carboxylic acids is 1. The maximum absolute atomic E-state index is 12.1. The second-order valence-electron chi connectivity index (χ2n) is 4.50. The molecule has 0 N–H and O–H groups in total. The molecule has 0 bridgehead atoms. The van der Waals surface area contributed by atoms with Crippen LogP contribution in [0.2, 0.25) is 0 Å². The van der Waals surface area contributed by atoms with E-state index in [1.165, 1.54) is 0 Å². The fourth-order valence-electron chi connectivity index (χ4n) is 1.49. The molecule has 1 heterocycles. The van der Waals surface area contributed by atoms with Crippen molar-refractivity contribution in [3.8, 4) is 0 Å². The molecule has 0 aliphatic heterocycles. The number of nitrogens with zero attached hydrogens (tertiary/aromatic N) is 2. The number of rotatable bonds is 5. The third-order valence-electron chi connectivity index (χ3n) is 3.01. The van der Waals surface area contributed by atoms with E-state index in [9.17, 15) is 4.79 Å². The van der Waals surface area contributed by atoms with Gasteiger partial charge in [-0.15, -0.1) is 0 Å². The molecule has 0 spiro atoms. The maximum Gasteiger partial charge on any atom is 0.169 e. The fraction of sp³-hybridized carbons (Fsp3) is 0.667. The average Bonchev–Trinajstić information content (AvgIpc) is 2.56. The van der Waals surface area contributed by atoms with Gasteiger partial charge in [0.15, 0.2) is 5.78 Å². The number of Topliss-reactive ketones (excluding diaryl/α,β-unsaturated/α-hetero) is 1. The van der Waals surface area contributed by atoms with Gasteiger partial charge in [0.05, 0.1) is 22.3 Å². The van der Waals surface area contributed by atoms with Crippen LogP contribution in [-0.2, 0) is 29.4 Å². The van der Waals surface area contributed by atoms with E-state index in [2.05, 4.69) is 21.0 Å². The minimum absolute atomic E-state index is 0.0475. The lowest BCUT2D eigenvalue weighted by atomic mass is 9.99. The van der Waals surface area contributed by atoms with E-state index in [1.807, 2.05) is 14.0 Å². The molecule has 96 valence electrons. The molecule has 0 aliphatic carbocycles. The smallest absolute Gasteiger partial charge is 0.169 e. The first-order valence-corrected chi connectivity index (χ1v) is 6.41. The Morgan fingerprint density at radius 1 is 1.53 bits per heavy atom. The van der Waals surface area contributed by atoms with Crippen LogP contribution in [0.5, 0.6) is 0 Å². The predicted octanol–water partition coefficient (Wildman–Crippen LogP) is 2.28. The molecule has 0 fully saturated rings. The standard InChI is InChI=1S/C12H19BrN2O2/c1-6-8-11(13)9(15(4)14-8)7-10(16)12(2,3)17-5/h6-7H2,1-5H3. The molecule has 0 atom stereocenters. The molecular weight excluding hydrogens is 284 g/mol. The van der Waals surface area contributed by atoms with Crippen molar-refractivity contribution in [2.45, 2.75) is 39.2 Å². The van der Waals surface area contributed by atoms with Crippen molar-refractivity contribution in [3.05, 3.63) is 15.9 Å². The Balaban J connectivity index is 2.97. The Bertz CT molecular complexity index is 424. The number of ether oxygens (including phenoxy) is 1. The summed E-state index contributed by atoms with van der Waals surface area (Å²) in [6.07, 6.45) is 1.17. The van der Waals surface area contributed by atoms with Gasteiger partial charge in [-0.3, -0.25) is 9.48 Å². The van der Waals surface area contributed by atoms with Gasteiger partial charge >= 0.3 is 0 Å².